The normalized spacial score (nSPS) is 12.3. The Balaban J connectivity index is 1.58. The smallest absolute Gasteiger partial charge is 0.264 e. The maximum atomic E-state index is 14.0. The molecule has 0 saturated carbocycles. The first kappa shape index (κ1) is 19.8. The molecule has 1 aliphatic rings. The van der Waals surface area contributed by atoms with Crippen LogP contribution in [0.5, 0.6) is 0 Å². The lowest BCUT2D eigenvalue weighted by molar-refractivity contribution is 0.1000. The number of anilines is 3. The monoisotopic (exact) mass is 418 g/mol. The van der Waals surface area contributed by atoms with Crippen LogP contribution in [0.25, 0.3) is 0 Å². The molecule has 4 heteroatoms. The van der Waals surface area contributed by atoms with Gasteiger partial charge in [-0.05, 0) is 60.4 Å². The molecule has 0 fully saturated rings. The summed E-state index contributed by atoms with van der Waals surface area (Å²) < 4.78 is 0. The van der Waals surface area contributed by atoms with Crippen molar-refractivity contribution in [1.29, 1.82) is 0 Å². The molecule has 0 spiro atoms. The summed E-state index contributed by atoms with van der Waals surface area (Å²) in [4.78, 5) is 28.6. The lowest BCUT2D eigenvalue weighted by Crippen LogP contribution is -2.28. The van der Waals surface area contributed by atoms with E-state index in [4.69, 9.17) is 0 Å². The zero-order valence-electron chi connectivity index (χ0n) is 17.5. The van der Waals surface area contributed by atoms with Crippen molar-refractivity contribution >= 4 is 28.9 Å². The molecule has 4 aromatic rings. The van der Waals surface area contributed by atoms with Crippen LogP contribution in [0.4, 0.5) is 17.1 Å². The number of carbonyl (C=O) groups excluding carboxylic acids is 2. The van der Waals surface area contributed by atoms with Crippen molar-refractivity contribution in [2.75, 3.05) is 10.2 Å². The lowest BCUT2D eigenvalue weighted by Gasteiger charge is -2.26. The van der Waals surface area contributed by atoms with E-state index in [1.165, 1.54) is 0 Å². The maximum absolute atomic E-state index is 14.0. The number of rotatable bonds is 3. The predicted molar refractivity (Wildman–Crippen MR) is 128 cm³/mol. The van der Waals surface area contributed by atoms with Crippen LogP contribution in [-0.2, 0) is 12.8 Å². The van der Waals surface area contributed by atoms with E-state index in [0.717, 1.165) is 35.3 Å². The average molecular weight is 418 g/mol. The zero-order chi connectivity index (χ0) is 21.9. The van der Waals surface area contributed by atoms with Crippen molar-refractivity contribution in [1.82, 2.24) is 0 Å². The summed E-state index contributed by atoms with van der Waals surface area (Å²) in [6.07, 6.45) is 1.73. The average Bonchev–Trinajstić information content (AvgIpc) is 3.01. The lowest BCUT2D eigenvalue weighted by atomic mass is 10.0. The van der Waals surface area contributed by atoms with Gasteiger partial charge in [-0.15, -0.1) is 0 Å². The Hall–Kier alpha value is -4.18. The highest BCUT2D eigenvalue weighted by Crippen LogP contribution is 2.37. The van der Waals surface area contributed by atoms with Crippen molar-refractivity contribution in [2.24, 2.45) is 0 Å². The van der Waals surface area contributed by atoms with Gasteiger partial charge in [-0.1, -0.05) is 66.7 Å². The Morgan fingerprint density at radius 2 is 1.16 bits per heavy atom. The first-order valence-corrected chi connectivity index (χ1v) is 10.7. The fourth-order valence-corrected chi connectivity index (χ4v) is 4.18. The molecule has 0 atom stereocenters. The van der Waals surface area contributed by atoms with Gasteiger partial charge in [-0.25, -0.2) is 0 Å². The molecule has 1 N–H and O–H groups in total. The van der Waals surface area contributed by atoms with Gasteiger partial charge in [0.1, 0.15) is 0 Å². The first-order chi connectivity index (χ1) is 15.7. The van der Waals surface area contributed by atoms with Crippen LogP contribution in [-0.4, -0.2) is 11.8 Å². The van der Waals surface area contributed by atoms with Crippen molar-refractivity contribution < 1.29 is 9.59 Å². The second kappa shape index (κ2) is 8.52. The molecule has 0 saturated heterocycles. The molecule has 1 heterocycles. The molecular weight excluding hydrogens is 396 g/mol. The number of aryl methyl sites for hydroxylation is 2. The number of amides is 2. The summed E-state index contributed by atoms with van der Waals surface area (Å²) in [5.41, 5.74) is 5.50. The second-order valence-corrected chi connectivity index (χ2v) is 7.76. The van der Waals surface area contributed by atoms with Gasteiger partial charge >= 0.3 is 0 Å². The van der Waals surface area contributed by atoms with Gasteiger partial charge in [0.05, 0.1) is 22.6 Å². The van der Waals surface area contributed by atoms with Crippen LogP contribution in [0.3, 0.4) is 0 Å². The van der Waals surface area contributed by atoms with Gasteiger partial charge in [0, 0.05) is 5.56 Å². The SMILES string of the molecule is O=C(Nc1ccccc1C(=O)N1c2ccccc2CCc2ccccc21)c1ccccc1. The molecule has 0 radical (unpaired) electrons. The molecule has 1 aliphatic heterocycles. The minimum atomic E-state index is -0.248. The van der Waals surface area contributed by atoms with Crippen LogP contribution in [0, 0.1) is 0 Å². The molecule has 156 valence electrons. The van der Waals surface area contributed by atoms with Crippen molar-refractivity contribution in [3.05, 3.63) is 125 Å². The second-order valence-electron chi connectivity index (χ2n) is 7.76. The van der Waals surface area contributed by atoms with Crippen LogP contribution < -0.4 is 10.2 Å². The molecule has 0 aliphatic carbocycles. The first-order valence-electron chi connectivity index (χ1n) is 10.7. The number of benzene rings is 4. The van der Waals surface area contributed by atoms with Gasteiger partial charge in [-0.3, -0.25) is 14.5 Å². The van der Waals surface area contributed by atoms with E-state index >= 15 is 0 Å². The van der Waals surface area contributed by atoms with Gasteiger partial charge in [0.15, 0.2) is 0 Å². The summed E-state index contributed by atoms with van der Waals surface area (Å²) >= 11 is 0. The number of para-hydroxylation sites is 3. The van der Waals surface area contributed by atoms with E-state index < -0.39 is 0 Å². The molecule has 4 nitrogen and oxygen atoms in total. The summed E-state index contributed by atoms with van der Waals surface area (Å²) in [5.74, 6) is -0.418. The molecule has 2 amide bonds. The quantitative estimate of drug-likeness (QED) is 0.443. The third-order valence-corrected chi connectivity index (χ3v) is 5.77. The van der Waals surface area contributed by atoms with Crippen LogP contribution in [0.15, 0.2) is 103 Å². The predicted octanol–water partition coefficient (Wildman–Crippen LogP) is 6.02. The zero-order valence-corrected chi connectivity index (χ0v) is 17.5. The number of fused-ring (bicyclic) bond motifs is 2. The highest BCUT2D eigenvalue weighted by atomic mass is 16.2. The Morgan fingerprint density at radius 3 is 1.81 bits per heavy atom. The topological polar surface area (TPSA) is 49.4 Å². The van der Waals surface area contributed by atoms with Crippen molar-refractivity contribution in [3.63, 3.8) is 0 Å². The van der Waals surface area contributed by atoms with Gasteiger partial charge < -0.3 is 5.32 Å². The molecule has 4 aromatic carbocycles. The number of nitrogens with zero attached hydrogens (tertiary/aromatic N) is 1. The van der Waals surface area contributed by atoms with Crippen molar-refractivity contribution in [2.45, 2.75) is 12.8 Å². The number of hydrogen-bond acceptors (Lipinski definition) is 2. The number of nitrogens with one attached hydrogen (secondary N) is 1. The van der Waals surface area contributed by atoms with Crippen molar-refractivity contribution in [3.8, 4) is 0 Å². The molecule has 0 bridgehead atoms. The fourth-order valence-electron chi connectivity index (χ4n) is 4.18. The van der Waals surface area contributed by atoms with Gasteiger partial charge in [0.25, 0.3) is 11.8 Å². The maximum Gasteiger partial charge on any atom is 0.264 e. The minimum Gasteiger partial charge on any atom is -0.321 e. The highest BCUT2D eigenvalue weighted by Gasteiger charge is 2.28. The van der Waals surface area contributed by atoms with Gasteiger partial charge in [0.2, 0.25) is 0 Å². The Labute approximate surface area is 187 Å². The molecule has 5 rings (SSSR count). The van der Waals surface area contributed by atoms with E-state index in [2.05, 4.69) is 17.4 Å². The number of hydrogen-bond donors (Lipinski definition) is 1. The van der Waals surface area contributed by atoms with E-state index in [9.17, 15) is 9.59 Å². The third kappa shape index (κ3) is 3.67. The standard InChI is InChI=1S/C28H22N2O2/c31-27(22-12-2-1-3-13-22)29-24-15-7-6-14-23(24)28(32)30-25-16-8-4-10-20(25)18-19-21-11-5-9-17-26(21)30/h1-17H,18-19H2,(H,29,31). The summed E-state index contributed by atoms with van der Waals surface area (Å²) in [5, 5.41) is 2.92. The summed E-state index contributed by atoms with van der Waals surface area (Å²) in [7, 11) is 0. The molecular formula is C28H22N2O2. The van der Waals surface area contributed by atoms with Gasteiger partial charge in [-0.2, -0.15) is 0 Å². The van der Waals surface area contributed by atoms with E-state index in [-0.39, 0.29) is 11.8 Å². The van der Waals surface area contributed by atoms with E-state index in [1.807, 2.05) is 66.7 Å². The molecule has 0 unspecified atom stereocenters. The highest BCUT2D eigenvalue weighted by molar-refractivity contribution is 6.16. The third-order valence-electron chi connectivity index (χ3n) is 5.77. The number of carbonyl (C=O) groups is 2. The summed E-state index contributed by atoms with van der Waals surface area (Å²) in [6, 6.07) is 32.2. The van der Waals surface area contributed by atoms with Crippen LogP contribution in [0.2, 0.25) is 0 Å². The molecule has 0 aromatic heterocycles. The molecule has 32 heavy (non-hydrogen) atoms. The Kier molecular flexibility index (Phi) is 5.26. The minimum absolute atomic E-state index is 0.171. The Morgan fingerprint density at radius 1 is 0.625 bits per heavy atom. The Bertz CT molecular complexity index is 1250. The summed E-state index contributed by atoms with van der Waals surface area (Å²) in [6.45, 7) is 0. The van der Waals surface area contributed by atoms with E-state index in [1.54, 1.807) is 29.2 Å². The van der Waals surface area contributed by atoms with Crippen LogP contribution in [0.1, 0.15) is 31.8 Å². The van der Waals surface area contributed by atoms with Crippen LogP contribution >= 0.6 is 0 Å². The van der Waals surface area contributed by atoms with E-state index in [0.29, 0.717) is 16.8 Å². The fraction of sp³-hybridized carbons (Fsp3) is 0.0714. The largest absolute Gasteiger partial charge is 0.321 e.